The Morgan fingerprint density at radius 3 is 2.44 bits per heavy atom. The van der Waals surface area contributed by atoms with Gasteiger partial charge in [0.15, 0.2) is 5.82 Å². The van der Waals surface area contributed by atoms with Gasteiger partial charge in [-0.05, 0) is 54.2 Å². The van der Waals surface area contributed by atoms with Gasteiger partial charge in [-0.25, -0.2) is 9.97 Å². The minimum absolute atomic E-state index is 0.000454. The predicted octanol–water partition coefficient (Wildman–Crippen LogP) is 7.02. The normalized spacial score (nSPS) is 12.5. The van der Waals surface area contributed by atoms with Crippen LogP contribution in [0.4, 0.5) is 5.82 Å². The molecule has 200 valence electrons. The lowest BCUT2D eigenvalue weighted by molar-refractivity contribution is 0.416. The first kappa shape index (κ1) is 26.8. The summed E-state index contributed by atoms with van der Waals surface area (Å²) in [6.45, 7) is 9.40. The third kappa shape index (κ3) is 5.79. The highest BCUT2D eigenvalue weighted by Gasteiger charge is 2.23. The summed E-state index contributed by atoms with van der Waals surface area (Å²) in [5.41, 5.74) is 12.9. The van der Waals surface area contributed by atoms with Crippen LogP contribution < -0.4 is 15.8 Å². The standard InChI is InChI=1S/C32H35N5OS/c1-20-27(25-18-23(32(2,3)4)11-12-26(25)38-5)28-29(39-20)31(37-30(36-28)22-13-15-34-16-14-22)35-19-24(33)17-21-9-7-6-8-10-21/h6-16,18,24H,17,19,33H2,1-5H3,(H,35,36,37). The van der Waals surface area contributed by atoms with Crippen molar-refractivity contribution < 1.29 is 4.74 Å². The molecule has 0 saturated heterocycles. The molecule has 3 heterocycles. The number of pyridine rings is 1. The Kier molecular flexibility index (Phi) is 7.64. The zero-order valence-electron chi connectivity index (χ0n) is 23.2. The van der Waals surface area contributed by atoms with Gasteiger partial charge in [0.2, 0.25) is 0 Å². The van der Waals surface area contributed by atoms with Gasteiger partial charge in [-0.2, -0.15) is 0 Å². The first-order chi connectivity index (χ1) is 18.7. The summed E-state index contributed by atoms with van der Waals surface area (Å²) in [6.07, 6.45) is 4.31. The highest BCUT2D eigenvalue weighted by Crippen LogP contribution is 2.45. The number of nitrogens with two attached hydrogens (primary N) is 1. The fourth-order valence-electron chi connectivity index (χ4n) is 4.74. The van der Waals surface area contributed by atoms with E-state index in [-0.39, 0.29) is 11.5 Å². The van der Waals surface area contributed by atoms with Gasteiger partial charge in [0.05, 0.1) is 17.3 Å². The van der Waals surface area contributed by atoms with Crippen molar-refractivity contribution in [2.45, 2.75) is 45.6 Å². The van der Waals surface area contributed by atoms with E-state index in [4.69, 9.17) is 20.4 Å². The highest BCUT2D eigenvalue weighted by molar-refractivity contribution is 7.20. The molecule has 7 heteroatoms. The van der Waals surface area contributed by atoms with Crippen LogP contribution in [0.2, 0.25) is 0 Å². The largest absolute Gasteiger partial charge is 0.496 e. The van der Waals surface area contributed by atoms with Gasteiger partial charge < -0.3 is 15.8 Å². The molecule has 0 aliphatic heterocycles. The number of nitrogens with zero attached hydrogens (tertiary/aromatic N) is 3. The molecule has 0 amide bonds. The van der Waals surface area contributed by atoms with Crippen LogP contribution in [0.15, 0.2) is 73.1 Å². The SMILES string of the molecule is COc1ccc(C(C)(C)C)cc1-c1c(C)sc2c(NCC(N)Cc3ccccc3)nc(-c3ccncc3)nc12. The van der Waals surface area contributed by atoms with Gasteiger partial charge in [-0.3, -0.25) is 4.98 Å². The Labute approximate surface area is 234 Å². The summed E-state index contributed by atoms with van der Waals surface area (Å²) in [5.74, 6) is 2.27. The molecule has 2 aromatic carbocycles. The summed E-state index contributed by atoms with van der Waals surface area (Å²) in [5, 5.41) is 3.56. The summed E-state index contributed by atoms with van der Waals surface area (Å²) >= 11 is 1.70. The molecule has 0 aliphatic carbocycles. The maximum Gasteiger partial charge on any atom is 0.162 e. The van der Waals surface area contributed by atoms with Gasteiger partial charge in [-0.15, -0.1) is 11.3 Å². The van der Waals surface area contributed by atoms with E-state index >= 15 is 0 Å². The second-order valence-corrected chi connectivity index (χ2v) is 12.1. The molecule has 0 bridgehead atoms. The Hall–Kier alpha value is -3.81. The Bertz CT molecular complexity index is 1580. The van der Waals surface area contributed by atoms with Crippen molar-refractivity contribution >= 4 is 27.4 Å². The number of fused-ring (bicyclic) bond motifs is 1. The van der Waals surface area contributed by atoms with Crippen molar-refractivity contribution in [3.63, 3.8) is 0 Å². The lowest BCUT2D eigenvalue weighted by Gasteiger charge is -2.21. The number of aryl methyl sites for hydroxylation is 1. The summed E-state index contributed by atoms with van der Waals surface area (Å²) in [6, 6.07) is 20.6. The van der Waals surface area contributed by atoms with Gasteiger partial charge in [0, 0.05) is 46.5 Å². The average molecular weight is 538 g/mol. The van der Waals surface area contributed by atoms with Crippen LogP contribution in [-0.2, 0) is 11.8 Å². The number of ether oxygens (including phenoxy) is 1. The van der Waals surface area contributed by atoms with E-state index in [1.165, 1.54) is 11.1 Å². The maximum absolute atomic E-state index is 6.54. The van der Waals surface area contributed by atoms with E-state index in [2.05, 4.69) is 68.3 Å². The zero-order valence-corrected chi connectivity index (χ0v) is 24.0. The molecule has 0 fully saturated rings. The van der Waals surface area contributed by atoms with E-state index in [1.807, 2.05) is 30.3 Å². The second kappa shape index (κ2) is 11.1. The summed E-state index contributed by atoms with van der Waals surface area (Å²) in [4.78, 5) is 15.4. The smallest absolute Gasteiger partial charge is 0.162 e. The molecular formula is C32H35N5OS. The number of anilines is 1. The minimum atomic E-state index is -0.0640. The third-order valence-corrected chi connectivity index (χ3v) is 7.96. The topological polar surface area (TPSA) is 86.0 Å². The Morgan fingerprint density at radius 2 is 1.74 bits per heavy atom. The molecule has 3 N–H and O–H groups in total. The quantitative estimate of drug-likeness (QED) is 0.221. The van der Waals surface area contributed by atoms with Crippen LogP contribution in [0.1, 0.15) is 36.8 Å². The number of hydrogen-bond acceptors (Lipinski definition) is 7. The van der Waals surface area contributed by atoms with Crippen LogP contribution in [0.5, 0.6) is 5.75 Å². The monoisotopic (exact) mass is 537 g/mol. The fourth-order valence-corrected chi connectivity index (χ4v) is 5.81. The third-order valence-electron chi connectivity index (χ3n) is 6.86. The molecule has 0 aliphatic rings. The maximum atomic E-state index is 6.54. The summed E-state index contributed by atoms with van der Waals surface area (Å²) < 4.78 is 6.85. The molecule has 5 rings (SSSR count). The number of thiophene rings is 1. The van der Waals surface area contributed by atoms with E-state index in [0.717, 1.165) is 49.8 Å². The van der Waals surface area contributed by atoms with E-state index in [1.54, 1.807) is 30.8 Å². The number of hydrogen-bond donors (Lipinski definition) is 2. The van der Waals surface area contributed by atoms with Crippen molar-refractivity contribution in [1.29, 1.82) is 0 Å². The lowest BCUT2D eigenvalue weighted by atomic mass is 9.85. The molecule has 0 radical (unpaired) electrons. The van der Waals surface area contributed by atoms with Crippen molar-refractivity contribution in [2.24, 2.45) is 5.73 Å². The molecular weight excluding hydrogens is 502 g/mol. The van der Waals surface area contributed by atoms with Crippen molar-refractivity contribution in [2.75, 3.05) is 19.0 Å². The number of nitrogens with one attached hydrogen (secondary N) is 1. The van der Waals surface area contributed by atoms with Crippen LogP contribution in [-0.4, -0.2) is 34.6 Å². The minimum Gasteiger partial charge on any atom is -0.496 e. The molecule has 3 aromatic heterocycles. The number of methoxy groups -OCH3 is 1. The van der Waals surface area contributed by atoms with Crippen LogP contribution in [0.25, 0.3) is 32.7 Å². The van der Waals surface area contributed by atoms with E-state index < -0.39 is 0 Å². The fraction of sp³-hybridized carbons (Fsp3) is 0.281. The Balaban J connectivity index is 1.62. The molecule has 0 spiro atoms. The van der Waals surface area contributed by atoms with Gasteiger partial charge >= 0.3 is 0 Å². The zero-order chi connectivity index (χ0) is 27.6. The van der Waals surface area contributed by atoms with Gasteiger partial charge in [0.25, 0.3) is 0 Å². The Morgan fingerprint density at radius 1 is 1.00 bits per heavy atom. The van der Waals surface area contributed by atoms with Crippen molar-refractivity contribution in [1.82, 2.24) is 15.0 Å². The van der Waals surface area contributed by atoms with E-state index in [0.29, 0.717) is 12.4 Å². The molecule has 1 unspecified atom stereocenters. The number of aromatic nitrogens is 3. The van der Waals surface area contributed by atoms with Crippen LogP contribution >= 0.6 is 11.3 Å². The van der Waals surface area contributed by atoms with Crippen molar-refractivity contribution in [3.8, 4) is 28.3 Å². The predicted molar refractivity (Wildman–Crippen MR) is 163 cm³/mol. The second-order valence-electron chi connectivity index (χ2n) is 10.8. The molecule has 5 aromatic rings. The van der Waals surface area contributed by atoms with E-state index in [9.17, 15) is 0 Å². The highest BCUT2D eigenvalue weighted by atomic mass is 32.1. The van der Waals surface area contributed by atoms with Gasteiger partial charge in [-0.1, -0.05) is 57.2 Å². The molecule has 0 saturated carbocycles. The molecule has 1 atom stereocenters. The van der Waals surface area contributed by atoms with Crippen LogP contribution in [0, 0.1) is 6.92 Å². The first-order valence-electron chi connectivity index (χ1n) is 13.2. The lowest BCUT2D eigenvalue weighted by Crippen LogP contribution is -2.31. The number of benzene rings is 2. The van der Waals surface area contributed by atoms with Gasteiger partial charge in [0.1, 0.15) is 11.6 Å². The summed E-state index contributed by atoms with van der Waals surface area (Å²) in [7, 11) is 1.72. The molecule has 6 nitrogen and oxygen atoms in total. The average Bonchev–Trinajstić information content (AvgIpc) is 3.27. The molecule has 39 heavy (non-hydrogen) atoms. The van der Waals surface area contributed by atoms with Crippen molar-refractivity contribution in [3.05, 3.63) is 89.1 Å². The number of rotatable bonds is 8. The van der Waals surface area contributed by atoms with Crippen LogP contribution in [0.3, 0.4) is 0 Å². The first-order valence-corrected chi connectivity index (χ1v) is 14.0.